The maximum atomic E-state index is 11.9. The molecule has 4 N–H and O–H groups in total. The molecule has 8 heteroatoms. The maximum absolute atomic E-state index is 11.9. The summed E-state index contributed by atoms with van der Waals surface area (Å²) in [5, 5.41) is 11.4. The van der Waals surface area contributed by atoms with Crippen molar-refractivity contribution in [2.45, 2.75) is 31.7 Å². The van der Waals surface area contributed by atoms with E-state index < -0.39 is 12.1 Å². The van der Waals surface area contributed by atoms with Crippen LogP contribution in [-0.2, 0) is 9.53 Å². The van der Waals surface area contributed by atoms with Gasteiger partial charge >= 0.3 is 18.1 Å². The van der Waals surface area contributed by atoms with Gasteiger partial charge in [-0.25, -0.2) is 9.59 Å². The third-order valence-corrected chi connectivity index (χ3v) is 2.92. The number of carboxylic acid groups (broad SMARTS) is 1. The first-order valence-corrected chi connectivity index (χ1v) is 6.19. The van der Waals surface area contributed by atoms with Gasteiger partial charge in [-0.3, -0.25) is 4.79 Å². The van der Waals surface area contributed by atoms with Gasteiger partial charge in [0.05, 0.1) is 13.0 Å². The third-order valence-electron chi connectivity index (χ3n) is 2.92. The zero-order chi connectivity index (χ0) is 14.3. The van der Waals surface area contributed by atoms with Crippen LogP contribution in [0.15, 0.2) is 0 Å². The molecule has 0 radical (unpaired) electrons. The highest BCUT2D eigenvalue weighted by atomic mass is 16.5. The molecule has 0 bridgehead atoms. The van der Waals surface area contributed by atoms with E-state index in [1.54, 1.807) is 0 Å². The van der Waals surface area contributed by atoms with Crippen molar-refractivity contribution in [3.8, 4) is 0 Å². The number of likely N-dealkylation sites (tertiary alicyclic amines) is 1. The fraction of sp³-hybridized carbons (Fsp3) is 0.727. The first kappa shape index (κ1) is 15.1. The molecule has 1 unspecified atom stereocenters. The lowest BCUT2D eigenvalue weighted by Gasteiger charge is -2.34. The average molecular weight is 273 g/mol. The Bertz CT molecular complexity index is 347. The molecule has 19 heavy (non-hydrogen) atoms. The summed E-state index contributed by atoms with van der Waals surface area (Å²) in [5.41, 5.74) is 4.78. The van der Waals surface area contributed by atoms with Crippen molar-refractivity contribution in [2.75, 3.05) is 19.7 Å². The Kier molecular flexibility index (Phi) is 5.91. The second kappa shape index (κ2) is 7.45. The number of carbonyl (C=O) groups excluding carboxylic acids is 2. The van der Waals surface area contributed by atoms with E-state index in [1.165, 1.54) is 4.90 Å². The standard InChI is InChI=1S/C11H19N3O5/c12-10(17)19-6-4-13-11(18)14-5-2-1-3-8(14)7-9(15)16/h8H,1-7H2,(H2,12,17)(H,13,18)(H,15,16). The van der Waals surface area contributed by atoms with E-state index in [2.05, 4.69) is 10.1 Å². The van der Waals surface area contributed by atoms with Crippen molar-refractivity contribution in [1.29, 1.82) is 0 Å². The molecule has 1 heterocycles. The van der Waals surface area contributed by atoms with E-state index in [4.69, 9.17) is 10.8 Å². The van der Waals surface area contributed by atoms with Crippen LogP contribution in [0.5, 0.6) is 0 Å². The van der Waals surface area contributed by atoms with Crippen LogP contribution >= 0.6 is 0 Å². The van der Waals surface area contributed by atoms with Crippen LogP contribution in [0.3, 0.4) is 0 Å². The lowest BCUT2D eigenvalue weighted by atomic mass is 10.00. The number of carboxylic acids is 1. The number of ether oxygens (including phenoxy) is 1. The monoisotopic (exact) mass is 273 g/mol. The number of amides is 3. The SMILES string of the molecule is NC(=O)OCCNC(=O)N1CCCCC1CC(=O)O. The number of nitrogens with one attached hydrogen (secondary N) is 1. The molecule has 3 amide bonds. The summed E-state index contributed by atoms with van der Waals surface area (Å²) < 4.78 is 4.48. The lowest BCUT2D eigenvalue weighted by Crippen LogP contribution is -2.50. The number of rotatable bonds is 5. The Hall–Kier alpha value is -1.99. The van der Waals surface area contributed by atoms with Gasteiger partial charge in [0.2, 0.25) is 0 Å². The first-order valence-electron chi connectivity index (χ1n) is 6.19. The molecule has 1 rings (SSSR count). The summed E-state index contributed by atoms with van der Waals surface area (Å²) in [6.45, 7) is 0.691. The molecular weight excluding hydrogens is 254 g/mol. The van der Waals surface area contributed by atoms with Gasteiger partial charge in [-0.05, 0) is 19.3 Å². The van der Waals surface area contributed by atoms with E-state index in [9.17, 15) is 14.4 Å². The van der Waals surface area contributed by atoms with E-state index in [0.29, 0.717) is 13.0 Å². The Morgan fingerprint density at radius 2 is 2.11 bits per heavy atom. The van der Waals surface area contributed by atoms with Gasteiger partial charge in [0.1, 0.15) is 6.61 Å². The fourth-order valence-corrected chi connectivity index (χ4v) is 2.09. The van der Waals surface area contributed by atoms with Crippen LogP contribution in [0.4, 0.5) is 9.59 Å². The van der Waals surface area contributed by atoms with Crippen LogP contribution in [-0.4, -0.2) is 53.8 Å². The van der Waals surface area contributed by atoms with Crippen molar-refractivity contribution in [2.24, 2.45) is 5.73 Å². The van der Waals surface area contributed by atoms with Gasteiger partial charge in [-0.1, -0.05) is 0 Å². The minimum absolute atomic E-state index is 0.00148. The molecule has 0 aromatic heterocycles. The molecule has 1 aliphatic heterocycles. The van der Waals surface area contributed by atoms with Crippen molar-refractivity contribution in [3.05, 3.63) is 0 Å². The number of piperidine rings is 1. The van der Waals surface area contributed by atoms with Gasteiger partial charge in [0.25, 0.3) is 0 Å². The highest BCUT2D eigenvalue weighted by Crippen LogP contribution is 2.19. The topological polar surface area (TPSA) is 122 Å². The summed E-state index contributed by atoms with van der Waals surface area (Å²) >= 11 is 0. The quantitative estimate of drug-likeness (QED) is 0.614. The molecule has 1 saturated heterocycles. The minimum Gasteiger partial charge on any atom is -0.481 e. The fourth-order valence-electron chi connectivity index (χ4n) is 2.09. The molecule has 0 spiro atoms. The number of nitrogens with two attached hydrogens (primary N) is 1. The van der Waals surface area contributed by atoms with Crippen LogP contribution in [0.1, 0.15) is 25.7 Å². The molecule has 108 valence electrons. The Morgan fingerprint density at radius 1 is 1.37 bits per heavy atom. The Morgan fingerprint density at radius 3 is 2.74 bits per heavy atom. The molecule has 1 fully saturated rings. The largest absolute Gasteiger partial charge is 0.481 e. The molecule has 1 atom stereocenters. The summed E-state index contributed by atoms with van der Waals surface area (Å²) in [5.74, 6) is -0.915. The van der Waals surface area contributed by atoms with Gasteiger partial charge < -0.3 is 25.8 Å². The van der Waals surface area contributed by atoms with E-state index in [1.807, 2.05) is 0 Å². The number of hydrogen-bond acceptors (Lipinski definition) is 4. The summed E-state index contributed by atoms with van der Waals surface area (Å²) in [6.07, 6.45) is 1.53. The summed E-state index contributed by atoms with van der Waals surface area (Å²) in [7, 11) is 0. The zero-order valence-corrected chi connectivity index (χ0v) is 10.6. The average Bonchev–Trinajstić information content (AvgIpc) is 2.34. The van der Waals surface area contributed by atoms with Gasteiger partial charge in [-0.15, -0.1) is 0 Å². The second-order valence-corrected chi connectivity index (χ2v) is 4.34. The summed E-state index contributed by atoms with van der Waals surface area (Å²) in [4.78, 5) is 34.5. The van der Waals surface area contributed by atoms with Crippen LogP contribution in [0.2, 0.25) is 0 Å². The van der Waals surface area contributed by atoms with Crippen molar-refractivity contribution in [3.63, 3.8) is 0 Å². The van der Waals surface area contributed by atoms with E-state index in [0.717, 1.165) is 12.8 Å². The van der Waals surface area contributed by atoms with Gasteiger partial charge in [0, 0.05) is 12.6 Å². The zero-order valence-electron chi connectivity index (χ0n) is 10.6. The lowest BCUT2D eigenvalue weighted by molar-refractivity contribution is -0.138. The molecule has 0 aliphatic carbocycles. The van der Waals surface area contributed by atoms with Gasteiger partial charge in [0.15, 0.2) is 0 Å². The number of primary amides is 1. The number of urea groups is 1. The molecular formula is C11H19N3O5. The number of aliphatic carboxylic acids is 1. The summed E-state index contributed by atoms with van der Waals surface area (Å²) in [6, 6.07) is -0.609. The predicted molar refractivity (Wildman–Crippen MR) is 65.5 cm³/mol. The number of nitrogens with zero attached hydrogens (tertiary/aromatic N) is 1. The van der Waals surface area contributed by atoms with Crippen molar-refractivity contribution < 1.29 is 24.2 Å². The van der Waals surface area contributed by atoms with E-state index >= 15 is 0 Å². The van der Waals surface area contributed by atoms with Crippen LogP contribution < -0.4 is 11.1 Å². The molecule has 8 nitrogen and oxygen atoms in total. The molecule has 0 saturated carbocycles. The first-order chi connectivity index (χ1) is 9.00. The van der Waals surface area contributed by atoms with Crippen LogP contribution in [0.25, 0.3) is 0 Å². The number of hydrogen-bond donors (Lipinski definition) is 3. The Labute approximate surface area is 110 Å². The smallest absolute Gasteiger partial charge is 0.404 e. The number of carbonyl (C=O) groups is 3. The molecule has 1 aliphatic rings. The van der Waals surface area contributed by atoms with E-state index in [-0.39, 0.29) is 31.6 Å². The highest BCUT2D eigenvalue weighted by molar-refractivity contribution is 5.76. The minimum atomic E-state index is -0.915. The normalized spacial score (nSPS) is 18.7. The van der Waals surface area contributed by atoms with Crippen molar-refractivity contribution >= 4 is 18.1 Å². The van der Waals surface area contributed by atoms with Crippen LogP contribution in [0, 0.1) is 0 Å². The predicted octanol–water partition coefficient (Wildman–Crippen LogP) is 0.120. The molecule has 0 aromatic carbocycles. The maximum Gasteiger partial charge on any atom is 0.404 e. The second-order valence-electron chi connectivity index (χ2n) is 4.34. The van der Waals surface area contributed by atoms with Crippen molar-refractivity contribution in [1.82, 2.24) is 10.2 Å². The Balaban J connectivity index is 2.38. The third kappa shape index (κ3) is 5.45. The molecule has 0 aromatic rings. The van der Waals surface area contributed by atoms with Gasteiger partial charge in [-0.2, -0.15) is 0 Å². The highest BCUT2D eigenvalue weighted by Gasteiger charge is 2.28.